The Kier molecular flexibility index (Phi) is 4.83. The second kappa shape index (κ2) is 6.21. The molecule has 0 N–H and O–H groups in total. The van der Waals surface area contributed by atoms with Crippen LogP contribution in [-0.4, -0.2) is 36.5 Å². The zero-order valence-electron chi connectivity index (χ0n) is 10.4. The van der Waals surface area contributed by atoms with Crippen LogP contribution in [-0.2, 0) is 9.53 Å². The smallest absolute Gasteiger partial charge is 0.328 e. The minimum absolute atomic E-state index is 0.112. The molecular formula is C13H13BrINO3. The van der Waals surface area contributed by atoms with E-state index in [4.69, 9.17) is 4.74 Å². The van der Waals surface area contributed by atoms with Crippen LogP contribution in [0.5, 0.6) is 0 Å². The van der Waals surface area contributed by atoms with Crippen LogP contribution in [0.25, 0.3) is 0 Å². The molecule has 1 heterocycles. The van der Waals surface area contributed by atoms with E-state index in [0.29, 0.717) is 18.5 Å². The average Bonchev–Trinajstić information content (AvgIpc) is 2.89. The topological polar surface area (TPSA) is 46.6 Å². The largest absolute Gasteiger partial charge is 0.467 e. The Hall–Kier alpha value is -0.630. The van der Waals surface area contributed by atoms with Gasteiger partial charge in [-0.05, 0) is 53.6 Å². The van der Waals surface area contributed by atoms with Crippen molar-refractivity contribution in [1.29, 1.82) is 0 Å². The summed E-state index contributed by atoms with van der Waals surface area (Å²) in [7, 11) is 1.35. The Morgan fingerprint density at radius 1 is 1.47 bits per heavy atom. The molecule has 19 heavy (non-hydrogen) atoms. The van der Waals surface area contributed by atoms with Crippen molar-refractivity contribution >= 4 is 50.4 Å². The Balaban J connectivity index is 2.28. The first-order chi connectivity index (χ1) is 9.04. The quantitative estimate of drug-likeness (QED) is 0.528. The molecule has 0 radical (unpaired) electrons. The highest BCUT2D eigenvalue weighted by Gasteiger charge is 2.35. The van der Waals surface area contributed by atoms with Crippen LogP contribution in [0.15, 0.2) is 22.7 Å². The number of methoxy groups -OCH3 is 1. The number of nitrogens with zero attached hydrogens (tertiary/aromatic N) is 1. The predicted molar refractivity (Wildman–Crippen MR) is 82.9 cm³/mol. The fourth-order valence-electron chi connectivity index (χ4n) is 2.21. The zero-order valence-corrected chi connectivity index (χ0v) is 14.1. The van der Waals surface area contributed by atoms with Gasteiger partial charge in [0.25, 0.3) is 5.91 Å². The summed E-state index contributed by atoms with van der Waals surface area (Å²) in [5.74, 6) is -0.450. The highest BCUT2D eigenvalue weighted by atomic mass is 127. The first-order valence-corrected chi connectivity index (χ1v) is 7.75. The molecule has 1 fully saturated rings. The van der Waals surface area contributed by atoms with Gasteiger partial charge in [0.2, 0.25) is 0 Å². The zero-order chi connectivity index (χ0) is 14.0. The van der Waals surface area contributed by atoms with Crippen molar-refractivity contribution in [3.8, 4) is 0 Å². The molecule has 1 aliphatic heterocycles. The lowest BCUT2D eigenvalue weighted by atomic mass is 10.1. The first-order valence-electron chi connectivity index (χ1n) is 5.88. The third-order valence-corrected chi connectivity index (χ3v) is 4.58. The first kappa shape index (κ1) is 14.8. The molecule has 1 unspecified atom stereocenters. The van der Waals surface area contributed by atoms with Crippen LogP contribution >= 0.6 is 38.5 Å². The standard InChI is InChI=1S/C13H13BrINO3/c1-19-13(18)11-3-2-6-16(11)12(17)9-7-8(14)4-5-10(9)15/h4-5,7,11H,2-3,6H2,1H3. The van der Waals surface area contributed by atoms with Gasteiger partial charge >= 0.3 is 5.97 Å². The Morgan fingerprint density at radius 2 is 2.21 bits per heavy atom. The maximum absolute atomic E-state index is 12.5. The highest BCUT2D eigenvalue weighted by molar-refractivity contribution is 14.1. The van der Waals surface area contributed by atoms with Gasteiger partial charge in [0.1, 0.15) is 6.04 Å². The van der Waals surface area contributed by atoms with Gasteiger partial charge in [0, 0.05) is 14.6 Å². The van der Waals surface area contributed by atoms with Crippen LogP contribution < -0.4 is 0 Å². The third-order valence-electron chi connectivity index (χ3n) is 3.15. The van der Waals surface area contributed by atoms with E-state index in [-0.39, 0.29) is 11.9 Å². The van der Waals surface area contributed by atoms with Crippen molar-refractivity contribution in [2.75, 3.05) is 13.7 Å². The minimum atomic E-state index is -0.452. The highest BCUT2D eigenvalue weighted by Crippen LogP contribution is 2.25. The van der Waals surface area contributed by atoms with Crippen LogP contribution in [0.1, 0.15) is 23.2 Å². The average molecular weight is 438 g/mol. The van der Waals surface area contributed by atoms with E-state index in [1.807, 2.05) is 12.1 Å². The van der Waals surface area contributed by atoms with Crippen LogP contribution in [0.4, 0.5) is 0 Å². The van der Waals surface area contributed by atoms with Gasteiger partial charge in [-0.2, -0.15) is 0 Å². The van der Waals surface area contributed by atoms with Crippen LogP contribution in [0, 0.1) is 3.57 Å². The molecule has 1 amide bonds. The van der Waals surface area contributed by atoms with E-state index < -0.39 is 6.04 Å². The van der Waals surface area contributed by atoms with E-state index in [2.05, 4.69) is 38.5 Å². The molecule has 1 aromatic carbocycles. The van der Waals surface area contributed by atoms with Crippen molar-refractivity contribution in [3.63, 3.8) is 0 Å². The molecule has 6 heteroatoms. The van der Waals surface area contributed by atoms with Gasteiger partial charge in [-0.3, -0.25) is 4.79 Å². The number of halogens is 2. The lowest BCUT2D eigenvalue weighted by molar-refractivity contribution is -0.145. The molecule has 1 atom stereocenters. The molecule has 4 nitrogen and oxygen atoms in total. The number of esters is 1. The number of hydrogen-bond acceptors (Lipinski definition) is 3. The lowest BCUT2D eigenvalue weighted by Gasteiger charge is -2.23. The molecule has 0 saturated carbocycles. The second-order valence-corrected chi connectivity index (χ2v) is 6.38. The molecule has 1 aromatic rings. The summed E-state index contributed by atoms with van der Waals surface area (Å²) in [6, 6.07) is 5.10. The van der Waals surface area contributed by atoms with E-state index in [0.717, 1.165) is 14.5 Å². The number of carbonyl (C=O) groups excluding carboxylic acids is 2. The number of rotatable bonds is 2. The van der Waals surface area contributed by atoms with E-state index >= 15 is 0 Å². The van der Waals surface area contributed by atoms with Crippen molar-refractivity contribution in [2.45, 2.75) is 18.9 Å². The van der Waals surface area contributed by atoms with E-state index in [1.165, 1.54) is 7.11 Å². The number of likely N-dealkylation sites (tertiary alicyclic amines) is 1. The molecule has 0 aliphatic carbocycles. The number of amides is 1. The summed E-state index contributed by atoms with van der Waals surface area (Å²) in [6.45, 7) is 0.598. The lowest BCUT2D eigenvalue weighted by Crippen LogP contribution is -2.41. The second-order valence-electron chi connectivity index (χ2n) is 4.30. The molecule has 1 aliphatic rings. The summed E-state index contributed by atoms with van der Waals surface area (Å²) in [4.78, 5) is 25.8. The van der Waals surface area contributed by atoms with Crippen molar-refractivity contribution < 1.29 is 14.3 Å². The maximum atomic E-state index is 12.5. The predicted octanol–water partition coefficient (Wildman–Crippen LogP) is 2.83. The maximum Gasteiger partial charge on any atom is 0.328 e. The van der Waals surface area contributed by atoms with E-state index in [9.17, 15) is 9.59 Å². The van der Waals surface area contributed by atoms with Crippen molar-refractivity contribution in [2.24, 2.45) is 0 Å². The number of carbonyl (C=O) groups is 2. The number of ether oxygens (including phenoxy) is 1. The SMILES string of the molecule is COC(=O)C1CCCN1C(=O)c1cc(Br)ccc1I. The Labute approximate surface area is 133 Å². The molecule has 1 saturated heterocycles. The van der Waals surface area contributed by atoms with Gasteiger partial charge in [-0.1, -0.05) is 15.9 Å². The van der Waals surface area contributed by atoms with Crippen molar-refractivity contribution in [1.82, 2.24) is 4.90 Å². The molecule has 0 bridgehead atoms. The number of hydrogen-bond donors (Lipinski definition) is 0. The monoisotopic (exact) mass is 437 g/mol. The van der Waals surface area contributed by atoms with E-state index in [1.54, 1.807) is 11.0 Å². The van der Waals surface area contributed by atoms with Gasteiger partial charge in [0.15, 0.2) is 0 Å². The fourth-order valence-corrected chi connectivity index (χ4v) is 3.13. The van der Waals surface area contributed by atoms with Gasteiger partial charge in [-0.25, -0.2) is 4.79 Å². The Bertz CT molecular complexity index is 521. The molecular weight excluding hydrogens is 425 g/mol. The number of benzene rings is 1. The summed E-state index contributed by atoms with van der Waals surface area (Å²) in [6.07, 6.45) is 1.50. The third kappa shape index (κ3) is 3.10. The summed E-state index contributed by atoms with van der Waals surface area (Å²) >= 11 is 5.49. The molecule has 102 valence electrons. The minimum Gasteiger partial charge on any atom is -0.467 e. The van der Waals surface area contributed by atoms with Crippen molar-refractivity contribution in [3.05, 3.63) is 31.8 Å². The van der Waals surface area contributed by atoms with Gasteiger partial charge in [0.05, 0.1) is 12.7 Å². The molecule has 0 spiro atoms. The molecule has 0 aromatic heterocycles. The molecule has 2 rings (SSSR count). The Morgan fingerprint density at radius 3 is 2.89 bits per heavy atom. The van der Waals surface area contributed by atoms with Gasteiger partial charge in [-0.15, -0.1) is 0 Å². The fraction of sp³-hybridized carbons (Fsp3) is 0.385. The summed E-state index contributed by atoms with van der Waals surface area (Å²) in [5, 5.41) is 0. The van der Waals surface area contributed by atoms with Crippen LogP contribution in [0.2, 0.25) is 0 Å². The summed E-state index contributed by atoms with van der Waals surface area (Å²) < 4.78 is 6.49. The summed E-state index contributed by atoms with van der Waals surface area (Å²) in [5.41, 5.74) is 0.616. The van der Waals surface area contributed by atoms with Gasteiger partial charge < -0.3 is 9.64 Å². The van der Waals surface area contributed by atoms with Crippen LogP contribution in [0.3, 0.4) is 0 Å². The normalized spacial score (nSPS) is 18.5.